The number of nitrogens with zero attached hydrogens (tertiary/aromatic N) is 1. The highest BCUT2D eigenvalue weighted by molar-refractivity contribution is 6.01. The minimum Gasteiger partial charge on any atom is -0.493 e. The number of esters is 1. The quantitative estimate of drug-likeness (QED) is 0.413. The fourth-order valence-electron chi connectivity index (χ4n) is 1.95. The molecule has 0 saturated carbocycles. The molecule has 0 fully saturated rings. The third-order valence-electron chi connectivity index (χ3n) is 3.50. The van der Waals surface area contributed by atoms with Crippen LogP contribution in [0.3, 0.4) is 0 Å². The summed E-state index contributed by atoms with van der Waals surface area (Å²) >= 11 is 0. The molecule has 0 saturated heterocycles. The molecular formula is C19H24N2O5. The third kappa shape index (κ3) is 6.48. The molecule has 0 aromatic heterocycles. The van der Waals surface area contributed by atoms with Crippen LogP contribution in [0.4, 0.5) is 0 Å². The Morgan fingerprint density at radius 2 is 2.04 bits per heavy atom. The van der Waals surface area contributed by atoms with E-state index in [0.29, 0.717) is 17.1 Å². The second-order valence-electron chi connectivity index (χ2n) is 5.46. The van der Waals surface area contributed by atoms with Crippen molar-refractivity contribution in [3.05, 3.63) is 29.3 Å². The predicted molar refractivity (Wildman–Crippen MR) is 96.6 cm³/mol. The van der Waals surface area contributed by atoms with Crippen LogP contribution in [-0.2, 0) is 14.3 Å². The normalized spacial score (nSPS) is 11.9. The van der Waals surface area contributed by atoms with Crippen LogP contribution in [0.1, 0.15) is 32.8 Å². The molecule has 0 spiro atoms. The lowest BCUT2D eigenvalue weighted by atomic mass is 10.1. The number of ether oxygens (including phenoxy) is 3. The van der Waals surface area contributed by atoms with Crippen LogP contribution in [-0.4, -0.2) is 38.2 Å². The smallest absolute Gasteiger partial charge is 0.344 e. The molecule has 0 aliphatic rings. The van der Waals surface area contributed by atoms with Crippen LogP contribution in [0, 0.1) is 11.3 Å². The number of hydrogen-bond donors (Lipinski definition) is 1. The monoisotopic (exact) mass is 360 g/mol. The van der Waals surface area contributed by atoms with Gasteiger partial charge in [0.1, 0.15) is 11.6 Å². The molecule has 1 aromatic rings. The van der Waals surface area contributed by atoms with Crippen LogP contribution >= 0.6 is 0 Å². The zero-order valence-corrected chi connectivity index (χ0v) is 15.5. The molecule has 1 rings (SSSR count). The molecule has 26 heavy (non-hydrogen) atoms. The van der Waals surface area contributed by atoms with Crippen molar-refractivity contribution in [2.45, 2.75) is 33.2 Å². The fourth-order valence-corrected chi connectivity index (χ4v) is 1.95. The van der Waals surface area contributed by atoms with E-state index in [4.69, 9.17) is 14.2 Å². The van der Waals surface area contributed by atoms with Gasteiger partial charge >= 0.3 is 5.97 Å². The van der Waals surface area contributed by atoms with Crippen molar-refractivity contribution in [2.75, 3.05) is 20.3 Å². The number of carbonyl (C=O) groups is 2. The molecule has 0 unspecified atom stereocenters. The van der Waals surface area contributed by atoms with Gasteiger partial charge in [-0.15, -0.1) is 0 Å². The first-order valence-electron chi connectivity index (χ1n) is 8.34. The van der Waals surface area contributed by atoms with Crippen molar-refractivity contribution in [3.8, 4) is 17.6 Å². The number of rotatable bonds is 9. The van der Waals surface area contributed by atoms with Gasteiger partial charge in [-0.1, -0.05) is 13.0 Å². The van der Waals surface area contributed by atoms with Gasteiger partial charge in [0.25, 0.3) is 5.91 Å². The number of carbonyl (C=O) groups excluding carboxylic acids is 2. The topological polar surface area (TPSA) is 97.7 Å². The van der Waals surface area contributed by atoms with Gasteiger partial charge in [0.05, 0.1) is 13.7 Å². The Morgan fingerprint density at radius 3 is 2.62 bits per heavy atom. The molecular weight excluding hydrogens is 336 g/mol. The second-order valence-corrected chi connectivity index (χ2v) is 5.46. The maximum atomic E-state index is 12.1. The van der Waals surface area contributed by atoms with Crippen LogP contribution in [0.15, 0.2) is 23.8 Å². The molecule has 0 heterocycles. The first-order valence-corrected chi connectivity index (χ1v) is 8.34. The number of nitriles is 1. The van der Waals surface area contributed by atoms with Crippen molar-refractivity contribution in [1.29, 1.82) is 5.26 Å². The molecule has 7 nitrogen and oxygen atoms in total. The van der Waals surface area contributed by atoms with E-state index in [-0.39, 0.29) is 24.8 Å². The van der Waals surface area contributed by atoms with Crippen molar-refractivity contribution >= 4 is 18.0 Å². The highest BCUT2D eigenvalue weighted by Gasteiger charge is 2.13. The summed E-state index contributed by atoms with van der Waals surface area (Å²) in [6.07, 6.45) is 2.24. The zero-order chi connectivity index (χ0) is 19.5. The molecule has 0 aliphatic carbocycles. The van der Waals surface area contributed by atoms with E-state index in [2.05, 4.69) is 5.32 Å². The van der Waals surface area contributed by atoms with E-state index < -0.39 is 11.9 Å². The Labute approximate surface area is 153 Å². The summed E-state index contributed by atoms with van der Waals surface area (Å²) in [6.45, 7) is 5.56. The first kappa shape index (κ1) is 21.0. The van der Waals surface area contributed by atoms with Gasteiger partial charge in [0, 0.05) is 6.04 Å². The van der Waals surface area contributed by atoms with Crippen LogP contribution in [0.5, 0.6) is 11.5 Å². The van der Waals surface area contributed by atoms with E-state index in [1.54, 1.807) is 25.1 Å². The van der Waals surface area contributed by atoms with Crippen molar-refractivity contribution < 1.29 is 23.8 Å². The lowest BCUT2D eigenvalue weighted by molar-refractivity contribution is -0.145. The number of methoxy groups -OCH3 is 1. The number of hydrogen-bond acceptors (Lipinski definition) is 6. The van der Waals surface area contributed by atoms with Gasteiger partial charge in [0.2, 0.25) is 0 Å². The summed E-state index contributed by atoms with van der Waals surface area (Å²) in [7, 11) is 1.46. The molecule has 140 valence electrons. The maximum absolute atomic E-state index is 12.1. The Morgan fingerprint density at radius 1 is 1.31 bits per heavy atom. The lowest BCUT2D eigenvalue weighted by Gasteiger charge is -2.12. The van der Waals surface area contributed by atoms with Crippen molar-refractivity contribution in [2.24, 2.45) is 0 Å². The summed E-state index contributed by atoms with van der Waals surface area (Å²) in [5.74, 6) is -0.168. The third-order valence-corrected chi connectivity index (χ3v) is 3.50. The molecule has 1 aromatic carbocycles. The van der Waals surface area contributed by atoms with Gasteiger partial charge < -0.3 is 19.5 Å². The molecule has 7 heteroatoms. The lowest BCUT2D eigenvalue weighted by Crippen LogP contribution is -2.32. The van der Waals surface area contributed by atoms with E-state index >= 15 is 0 Å². The molecule has 0 bridgehead atoms. The average Bonchev–Trinajstić information content (AvgIpc) is 2.64. The van der Waals surface area contributed by atoms with E-state index in [9.17, 15) is 14.9 Å². The predicted octanol–water partition coefficient (Wildman–Crippen LogP) is 2.46. The van der Waals surface area contributed by atoms with Gasteiger partial charge in [0.15, 0.2) is 18.1 Å². The summed E-state index contributed by atoms with van der Waals surface area (Å²) < 4.78 is 15.4. The molecule has 1 N–H and O–H groups in total. The highest BCUT2D eigenvalue weighted by Crippen LogP contribution is 2.29. The standard InChI is InChI=1S/C19H24N2O5/c1-5-13(3)21-19(23)15(11-20)9-14-7-8-16(17(10-14)24-4)26-12-18(22)25-6-2/h7-10,13H,5-6,12H2,1-4H3,(H,21,23)/b15-9+/t13-/m1/s1. The Hall–Kier alpha value is -3.01. The minimum absolute atomic E-state index is 0.00690. The van der Waals surface area contributed by atoms with Gasteiger partial charge in [-0.05, 0) is 44.0 Å². The molecule has 0 radical (unpaired) electrons. The van der Waals surface area contributed by atoms with Crippen molar-refractivity contribution in [1.82, 2.24) is 5.32 Å². The Balaban J connectivity index is 2.95. The van der Waals surface area contributed by atoms with Crippen LogP contribution in [0.25, 0.3) is 6.08 Å². The average molecular weight is 360 g/mol. The summed E-state index contributed by atoms with van der Waals surface area (Å²) in [5.41, 5.74) is 0.591. The molecule has 0 aliphatic heterocycles. The van der Waals surface area contributed by atoms with Gasteiger partial charge in [-0.2, -0.15) is 5.26 Å². The SMILES string of the molecule is CCOC(=O)COc1ccc(/C=C(\C#N)C(=O)N[C@H](C)CC)cc1OC. The maximum Gasteiger partial charge on any atom is 0.344 e. The zero-order valence-electron chi connectivity index (χ0n) is 15.5. The number of benzene rings is 1. The number of amides is 1. The van der Waals surface area contributed by atoms with Gasteiger partial charge in [-0.25, -0.2) is 4.79 Å². The van der Waals surface area contributed by atoms with E-state index in [1.807, 2.05) is 19.9 Å². The van der Waals surface area contributed by atoms with Crippen LogP contribution < -0.4 is 14.8 Å². The van der Waals surface area contributed by atoms with E-state index in [1.165, 1.54) is 13.2 Å². The molecule has 1 atom stereocenters. The highest BCUT2D eigenvalue weighted by atomic mass is 16.6. The Bertz CT molecular complexity index is 706. The summed E-state index contributed by atoms with van der Waals surface area (Å²) in [4.78, 5) is 23.5. The van der Waals surface area contributed by atoms with E-state index in [0.717, 1.165) is 6.42 Å². The molecule has 1 amide bonds. The van der Waals surface area contributed by atoms with Crippen molar-refractivity contribution in [3.63, 3.8) is 0 Å². The Kier molecular flexibility index (Phi) is 8.71. The van der Waals surface area contributed by atoms with Gasteiger partial charge in [-0.3, -0.25) is 4.79 Å². The largest absolute Gasteiger partial charge is 0.493 e. The summed E-state index contributed by atoms with van der Waals surface area (Å²) in [5, 5.41) is 12.0. The first-order chi connectivity index (χ1) is 12.4. The second kappa shape index (κ2) is 10.8. The number of nitrogens with one attached hydrogen (secondary N) is 1. The van der Waals surface area contributed by atoms with Crippen LogP contribution in [0.2, 0.25) is 0 Å². The minimum atomic E-state index is -0.480. The fraction of sp³-hybridized carbons (Fsp3) is 0.421. The summed E-state index contributed by atoms with van der Waals surface area (Å²) in [6, 6.07) is 6.77.